The fourth-order valence-electron chi connectivity index (χ4n) is 2.21. The lowest BCUT2D eigenvalue weighted by atomic mass is 9.89. The molecule has 1 fully saturated rings. The molecule has 0 bridgehead atoms. The van der Waals surface area contributed by atoms with Crippen LogP contribution in [0.25, 0.3) is 0 Å². The molecule has 0 radical (unpaired) electrons. The lowest BCUT2D eigenvalue weighted by Gasteiger charge is -2.37. The second-order valence-corrected chi connectivity index (χ2v) is 6.10. The first kappa shape index (κ1) is 13.5. The number of rotatable bonds is 2. The molecule has 0 saturated carbocycles. The van der Waals surface area contributed by atoms with E-state index in [9.17, 15) is 9.90 Å². The molecule has 1 heterocycles. The molecule has 1 rings (SSSR count). The van der Waals surface area contributed by atoms with Gasteiger partial charge < -0.3 is 10.0 Å². The van der Waals surface area contributed by atoms with Gasteiger partial charge in [0, 0.05) is 25.4 Å². The van der Waals surface area contributed by atoms with E-state index < -0.39 is 0 Å². The quantitative estimate of drug-likeness (QED) is 0.784. The van der Waals surface area contributed by atoms with Crippen LogP contribution < -0.4 is 0 Å². The molecule has 2 atom stereocenters. The minimum atomic E-state index is -0.219. The highest BCUT2D eigenvalue weighted by Gasteiger charge is 2.30. The van der Waals surface area contributed by atoms with Crippen molar-refractivity contribution in [3.63, 3.8) is 0 Å². The second kappa shape index (κ2) is 5.17. The molecule has 1 aliphatic rings. The van der Waals surface area contributed by atoms with Gasteiger partial charge in [-0.3, -0.25) is 4.79 Å². The summed E-state index contributed by atoms with van der Waals surface area (Å²) in [7, 11) is 0. The van der Waals surface area contributed by atoms with Crippen molar-refractivity contribution in [3.05, 3.63) is 0 Å². The molecular weight excluding hydrogens is 202 g/mol. The van der Waals surface area contributed by atoms with Gasteiger partial charge in [0.25, 0.3) is 0 Å². The highest BCUT2D eigenvalue weighted by atomic mass is 16.3. The maximum absolute atomic E-state index is 12.0. The summed E-state index contributed by atoms with van der Waals surface area (Å²) < 4.78 is 0. The average Bonchev–Trinajstić information content (AvgIpc) is 2.15. The minimum Gasteiger partial charge on any atom is -0.393 e. The third-order valence-electron chi connectivity index (χ3n) is 3.25. The van der Waals surface area contributed by atoms with E-state index in [4.69, 9.17) is 0 Å². The summed E-state index contributed by atoms with van der Waals surface area (Å²) in [5.74, 6) is 0.496. The molecule has 1 saturated heterocycles. The smallest absolute Gasteiger partial charge is 0.223 e. The van der Waals surface area contributed by atoms with Crippen molar-refractivity contribution in [1.82, 2.24) is 4.90 Å². The summed E-state index contributed by atoms with van der Waals surface area (Å²) in [5.41, 5.74) is 0.0505. The van der Waals surface area contributed by atoms with E-state index in [0.29, 0.717) is 13.0 Å². The van der Waals surface area contributed by atoms with Gasteiger partial charge >= 0.3 is 0 Å². The Kier molecular flexibility index (Phi) is 4.36. The predicted octanol–water partition coefficient (Wildman–Crippen LogP) is 2.04. The third-order valence-corrected chi connectivity index (χ3v) is 3.25. The molecule has 0 aromatic rings. The SMILES string of the molecule is CCC1CN(C(=O)CC(C)(C)C)CCC1O. The molecule has 1 aliphatic heterocycles. The first-order valence-electron chi connectivity index (χ1n) is 6.29. The topological polar surface area (TPSA) is 40.5 Å². The number of aliphatic hydroxyl groups excluding tert-OH is 1. The molecule has 1 N–H and O–H groups in total. The number of hydrogen-bond donors (Lipinski definition) is 1. The largest absolute Gasteiger partial charge is 0.393 e. The van der Waals surface area contributed by atoms with Gasteiger partial charge in [0.05, 0.1) is 6.10 Å². The van der Waals surface area contributed by atoms with Crippen molar-refractivity contribution in [2.75, 3.05) is 13.1 Å². The number of carbonyl (C=O) groups excluding carboxylic acids is 1. The Hall–Kier alpha value is -0.570. The zero-order valence-corrected chi connectivity index (χ0v) is 11.0. The fraction of sp³-hybridized carbons (Fsp3) is 0.923. The summed E-state index contributed by atoms with van der Waals surface area (Å²) in [4.78, 5) is 13.9. The van der Waals surface area contributed by atoms with Crippen LogP contribution in [0.1, 0.15) is 47.0 Å². The van der Waals surface area contributed by atoms with Gasteiger partial charge in [0.15, 0.2) is 0 Å². The van der Waals surface area contributed by atoms with Gasteiger partial charge in [-0.1, -0.05) is 27.7 Å². The van der Waals surface area contributed by atoms with Gasteiger partial charge in [-0.15, -0.1) is 0 Å². The van der Waals surface area contributed by atoms with Crippen molar-refractivity contribution in [3.8, 4) is 0 Å². The van der Waals surface area contributed by atoms with Crippen molar-refractivity contribution in [2.45, 2.75) is 53.1 Å². The van der Waals surface area contributed by atoms with Crippen LogP contribution in [0, 0.1) is 11.3 Å². The number of hydrogen-bond acceptors (Lipinski definition) is 2. The Morgan fingerprint density at radius 2 is 2.06 bits per heavy atom. The Balaban J connectivity index is 2.52. The summed E-state index contributed by atoms with van der Waals surface area (Å²) in [6.07, 6.45) is 2.05. The summed E-state index contributed by atoms with van der Waals surface area (Å²) in [6.45, 7) is 9.77. The van der Waals surface area contributed by atoms with Crippen molar-refractivity contribution >= 4 is 5.91 Å². The molecule has 3 nitrogen and oxygen atoms in total. The average molecular weight is 227 g/mol. The van der Waals surface area contributed by atoms with Crippen molar-refractivity contribution in [2.24, 2.45) is 11.3 Å². The summed E-state index contributed by atoms with van der Waals surface area (Å²) in [5, 5.41) is 9.76. The normalized spacial score (nSPS) is 26.9. The van der Waals surface area contributed by atoms with Crippen molar-refractivity contribution in [1.29, 1.82) is 0 Å². The highest BCUT2D eigenvalue weighted by Crippen LogP contribution is 2.24. The van der Waals surface area contributed by atoms with Crippen LogP contribution in [0.3, 0.4) is 0 Å². The molecular formula is C13H25NO2. The fourth-order valence-corrected chi connectivity index (χ4v) is 2.21. The molecule has 0 spiro atoms. The van der Waals surface area contributed by atoms with Crippen LogP contribution in [0.4, 0.5) is 0 Å². The van der Waals surface area contributed by atoms with Crippen molar-refractivity contribution < 1.29 is 9.90 Å². The zero-order valence-electron chi connectivity index (χ0n) is 11.0. The molecule has 0 aromatic carbocycles. The third kappa shape index (κ3) is 3.78. The number of likely N-dealkylation sites (tertiary alicyclic amines) is 1. The van der Waals surface area contributed by atoms with Gasteiger partial charge in [-0.05, 0) is 18.3 Å². The minimum absolute atomic E-state index is 0.0505. The van der Waals surface area contributed by atoms with Gasteiger partial charge in [-0.25, -0.2) is 0 Å². The van der Waals surface area contributed by atoms with Crippen LogP contribution in [-0.2, 0) is 4.79 Å². The predicted molar refractivity (Wildman–Crippen MR) is 65.1 cm³/mol. The van der Waals surface area contributed by atoms with Crippen LogP contribution in [0.2, 0.25) is 0 Å². The Morgan fingerprint density at radius 3 is 2.56 bits per heavy atom. The second-order valence-electron chi connectivity index (χ2n) is 6.10. The first-order chi connectivity index (χ1) is 7.33. The van der Waals surface area contributed by atoms with E-state index in [1.165, 1.54) is 0 Å². The molecule has 16 heavy (non-hydrogen) atoms. The van der Waals surface area contributed by atoms with Gasteiger partial charge in [-0.2, -0.15) is 0 Å². The lowest BCUT2D eigenvalue weighted by molar-refractivity contribution is -0.136. The monoisotopic (exact) mass is 227 g/mol. The Labute approximate surface area is 98.8 Å². The molecule has 94 valence electrons. The maximum Gasteiger partial charge on any atom is 0.223 e. The van der Waals surface area contributed by atoms with Crippen LogP contribution in [0.5, 0.6) is 0 Å². The highest BCUT2D eigenvalue weighted by molar-refractivity contribution is 5.76. The number of piperidine rings is 1. The summed E-state index contributed by atoms with van der Waals surface area (Å²) in [6, 6.07) is 0. The molecule has 0 aromatic heterocycles. The van der Waals surface area contributed by atoms with E-state index in [1.807, 2.05) is 4.90 Å². The zero-order chi connectivity index (χ0) is 12.3. The maximum atomic E-state index is 12.0. The van der Waals surface area contributed by atoms with E-state index in [0.717, 1.165) is 19.4 Å². The number of aliphatic hydroxyl groups is 1. The van der Waals surface area contributed by atoms with E-state index in [1.54, 1.807) is 0 Å². The molecule has 2 unspecified atom stereocenters. The van der Waals surface area contributed by atoms with E-state index >= 15 is 0 Å². The molecule has 0 aliphatic carbocycles. The van der Waals surface area contributed by atoms with Crippen LogP contribution in [-0.4, -0.2) is 35.1 Å². The number of nitrogens with zero attached hydrogens (tertiary/aromatic N) is 1. The van der Waals surface area contributed by atoms with Crippen LogP contribution in [0.15, 0.2) is 0 Å². The standard InChI is InChI=1S/C13H25NO2/c1-5-10-9-14(7-6-11(10)15)12(16)8-13(2,3)4/h10-11,15H,5-9H2,1-4H3. The van der Waals surface area contributed by atoms with Crippen LogP contribution >= 0.6 is 0 Å². The molecule has 3 heteroatoms. The van der Waals surface area contributed by atoms with Gasteiger partial charge in [0.1, 0.15) is 0 Å². The first-order valence-corrected chi connectivity index (χ1v) is 6.29. The van der Waals surface area contributed by atoms with E-state index in [-0.39, 0.29) is 23.3 Å². The van der Waals surface area contributed by atoms with E-state index in [2.05, 4.69) is 27.7 Å². The summed E-state index contributed by atoms with van der Waals surface area (Å²) >= 11 is 0. The Morgan fingerprint density at radius 1 is 1.44 bits per heavy atom. The molecule has 1 amide bonds. The lowest BCUT2D eigenvalue weighted by Crippen LogP contribution is -2.46. The number of amides is 1. The number of carbonyl (C=O) groups is 1. The Bertz CT molecular complexity index is 245. The van der Waals surface area contributed by atoms with Gasteiger partial charge in [0.2, 0.25) is 5.91 Å².